The van der Waals surface area contributed by atoms with E-state index < -0.39 is 0 Å². The maximum atomic E-state index is 5.51. The molecule has 15 heavy (non-hydrogen) atoms. The second-order valence-corrected chi connectivity index (χ2v) is 4.17. The Hall–Kier alpha value is -0.120. The highest BCUT2D eigenvalue weighted by Gasteiger charge is 2.06. The molecule has 0 saturated heterocycles. The number of ether oxygens (including phenoxy) is 2. The third-order valence-corrected chi connectivity index (χ3v) is 2.20. The molecule has 0 aliphatic rings. The lowest BCUT2D eigenvalue weighted by Gasteiger charge is -2.17. The molecule has 1 atom stereocenters. The van der Waals surface area contributed by atoms with Crippen LogP contribution in [-0.2, 0) is 9.47 Å². The van der Waals surface area contributed by atoms with Crippen molar-refractivity contribution in [1.29, 1.82) is 0 Å². The van der Waals surface area contributed by atoms with E-state index in [4.69, 9.17) is 9.47 Å². The fourth-order valence-corrected chi connectivity index (χ4v) is 1.44. The predicted octanol–water partition coefficient (Wildman–Crippen LogP) is 2.21. The summed E-state index contributed by atoms with van der Waals surface area (Å²) in [7, 11) is 1.76. The summed E-state index contributed by atoms with van der Waals surface area (Å²) in [6, 6.07) is 0.478. The molecule has 1 N–H and O–H groups in total. The monoisotopic (exact) mass is 217 g/mol. The zero-order chi connectivity index (χ0) is 11.5. The first kappa shape index (κ1) is 14.9. The lowest BCUT2D eigenvalue weighted by atomic mass is 10.1. The quantitative estimate of drug-likeness (QED) is 0.569. The van der Waals surface area contributed by atoms with Crippen LogP contribution in [0.3, 0.4) is 0 Å². The van der Waals surface area contributed by atoms with Gasteiger partial charge in [-0.1, -0.05) is 6.92 Å². The molecule has 3 heteroatoms. The minimum absolute atomic E-state index is 0.342. The van der Waals surface area contributed by atoms with Crippen molar-refractivity contribution >= 4 is 0 Å². The highest BCUT2D eigenvalue weighted by Crippen LogP contribution is 2.00. The van der Waals surface area contributed by atoms with Crippen molar-refractivity contribution in [2.75, 3.05) is 26.9 Å². The number of methoxy groups -OCH3 is 1. The van der Waals surface area contributed by atoms with Gasteiger partial charge in [0.1, 0.15) is 0 Å². The summed E-state index contributed by atoms with van der Waals surface area (Å²) in [6.45, 7) is 9.04. The van der Waals surface area contributed by atoms with E-state index in [1.165, 1.54) is 6.42 Å². The van der Waals surface area contributed by atoms with Crippen LogP contribution in [0.25, 0.3) is 0 Å². The van der Waals surface area contributed by atoms with Gasteiger partial charge in [0.05, 0.1) is 12.7 Å². The smallest absolute Gasteiger partial charge is 0.0615 e. The summed E-state index contributed by atoms with van der Waals surface area (Å²) >= 11 is 0. The normalized spacial score (nSPS) is 13.4. The van der Waals surface area contributed by atoms with Crippen LogP contribution in [-0.4, -0.2) is 39.0 Å². The highest BCUT2D eigenvalue weighted by molar-refractivity contribution is 4.65. The number of hydrogen-bond acceptors (Lipinski definition) is 3. The molecule has 0 rings (SSSR count). The Kier molecular flexibility index (Phi) is 10.3. The standard InChI is InChI=1S/C12H27NO2/c1-5-8-13-12(10-14-4)7-6-9-15-11(2)3/h11-13H,5-10H2,1-4H3. The van der Waals surface area contributed by atoms with Gasteiger partial charge in [0.2, 0.25) is 0 Å². The lowest BCUT2D eigenvalue weighted by Crippen LogP contribution is -2.34. The second-order valence-electron chi connectivity index (χ2n) is 4.17. The molecule has 0 heterocycles. The van der Waals surface area contributed by atoms with E-state index in [0.29, 0.717) is 12.1 Å². The Morgan fingerprint density at radius 2 is 2.00 bits per heavy atom. The van der Waals surface area contributed by atoms with Crippen LogP contribution < -0.4 is 5.32 Å². The zero-order valence-electron chi connectivity index (χ0n) is 10.7. The lowest BCUT2D eigenvalue weighted by molar-refractivity contribution is 0.0715. The summed E-state index contributed by atoms with van der Waals surface area (Å²) in [5.74, 6) is 0. The molecule has 3 nitrogen and oxygen atoms in total. The summed E-state index contributed by atoms with van der Waals surface area (Å²) < 4.78 is 10.7. The predicted molar refractivity (Wildman–Crippen MR) is 64.3 cm³/mol. The van der Waals surface area contributed by atoms with Gasteiger partial charge in [0.25, 0.3) is 0 Å². The van der Waals surface area contributed by atoms with E-state index in [0.717, 1.165) is 32.6 Å². The maximum absolute atomic E-state index is 5.51. The first-order valence-corrected chi connectivity index (χ1v) is 6.04. The van der Waals surface area contributed by atoms with Crippen molar-refractivity contribution in [1.82, 2.24) is 5.32 Å². The minimum Gasteiger partial charge on any atom is -0.383 e. The average molecular weight is 217 g/mol. The summed E-state index contributed by atoms with van der Waals surface area (Å²) in [6.07, 6.45) is 3.74. The van der Waals surface area contributed by atoms with E-state index >= 15 is 0 Å². The number of nitrogens with one attached hydrogen (secondary N) is 1. The van der Waals surface area contributed by atoms with E-state index in [1.807, 2.05) is 0 Å². The van der Waals surface area contributed by atoms with Crippen molar-refractivity contribution in [3.8, 4) is 0 Å². The third-order valence-electron chi connectivity index (χ3n) is 2.20. The van der Waals surface area contributed by atoms with Crippen molar-refractivity contribution in [2.45, 2.75) is 52.2 Å². The van der Waals surface area contributed by atoms with Gasteiger partial charge in [0.15, 0.2) is 0 Å². The Morgan fingerprint density at radius 3 is 2.53 bits per heavy atom. The topological polar surface area (TPSA) is 30.5 Å². The molecular weight excluding hydrogens is 190 g/mol. The summed E-state index contributed by atoms with van der Waals surface area (Å²) in [4.78, 5) is 0. The van der Waals surface area contributed by atoms with E-state index in [1.54, 1.807) is 7.11 Å². The molecule has 0 fully saturated rings. The fourth-order valence-electron chi connectivity index (χ4n) is 1.44. The van der Waals surface area contributed by atoms with Gasteiger partial charge >= 0.3 is 0 Å². The van der Waals surface area contributed by atoms with Gasteiger partial charge in [-0.3, -0.25) is 0 Å². The van der Waals surface area contributed by atoms with Gasteiger partial charge in [-0.25, -0.2) is 0 Å². The third kappa shape index (κ3) is 10.2. The molecule has 0 bridgehead atoms. The van der Waals surface area contributed by atoms with Crippen molar-refractivity contribution < 1.29 is 9.47 Å². The van der Waals surface area contributed by atoms with E-state index in [9.17, 15) is 0 Å². The van der Waals surface area contributed by atoms with Crippen LogP contribution in [0.15, 0.2) is 0 Å². The first-order chi connectivity index (χ1) is 7.20. The zero-order valence-corrected chi connectivity index (χ0v) is 10.7. The Bertz CT molecular complexity index is 129. The Morgan fingerprint density at radius 1 is 1.27 bits per heavy atom. The molecule has 92 valence electrons. The molecule has 0 aromatic rings. The van der Waals surface area contributed by atoms with E-state index in [-0.39, 0.29) is 0 Å². The van der Waals surface area contributed by atoms with Gasteiger partial charge in [-0.05, 0) is 39.7 Å². The molecule has 1 unspecified atom stereocenters. The van der Waals surface area contributed by atoms with Gasteiger partial charge in [-0.15, -0.1) is 0 Å². The van der Waals surface area contributed by atoms with E-state index in [2.05, 4.69) is 26.1 Å². The SMILES string of the molecule is CCCNC(CCCOC(C)C)COC. The average Bonchev–Trinajstić information content (AvgIpc) is 2.20. The molecule has 0 aliphatic carbocycles. The number of hydrogen-bond donors (Lipinski definition) is 1. The first-order valence-electron chi connectivity index (χ1n) is 6.04. The van der Waals surface area contributed by atoms with Crippen LogP contribution >= 0.6 is 0 Å². The highest BCUT2D eigenvalue weighted by atomic mass is 16.5. The summed E-state index contributed by atoms with van der Waals surface area (Å²) in [5, 5.41) is 3.48. The second kappa shape index (κ2) is 10.4. The van der Waals surface area contributed by atoms with Crippen LogP contribution in [0.5, 0.6) is 0 Å². The Balaban J connectivity index is 3.47. The maximum Gasteiger partial charge on any atom is 0.0615 e. The molecule has 0 saturated carbocycles. The van der Waals surface area contributed by atoms with Gasteiger partial charge in [-0.2, -0.15) is 0 Å². The van der Waals surface area contributed by atoms with Crippen LogP contribution in [0, 0.1) is 0 Å². The van der Waals surface area contributed by atoms with Gasteiger partial charge in [0, 0.05) is 19.8 Å². The van der Waals surface area contributed by atoms with Crippen LogP contribution in [0.4, 0.5) is 0 Å². The fraction of sp³-hybridized carbons (Fsp3) is 1.00. The molecule has 0 radical (unpaired) electrons. The molecule has 0 amide bonds. The van der Waals surface area contributed by atoms with Crippen molar-refractivity contribution in [3.63, 3.8) is 0 Å². The Labute approximate surface area is 94.5 Å². The molecular formula is C12H27NO2. The largest absolute Gasteiger partial charge is 0.383 e. The van der Waals surface area contributed by atoms with Gasteiger partial charge < -0.3 is 14.8 Å². The number of rotatable bonds is 10. The molecule has 0 spiro atoms. The summed E-state index contributed by atoms with van der Waals surface area (Å²) in [5.41, 5.74) is 0. The molecule has 0 aromatic heterocycles. The van der Waals surface area contributed by atoms with Crippen LogP contribution in [0.1, 0.15) is 40.0 Å². The van der Waals surface area contributed by atoms with Crippen molar-refractivity contribution in [2.24, 2.45) is 0 Å². The van der Waals surface area contributed by atoms with Crippen molar-refractivity contribution in [3.05, 3.63) is 0 Å². The van der Waals surface area contributed by atoms with Crippen LogP contribution in [0.2, 0.25) is 0 Å². The molecule has 0 aliphatic heterocycles. The molecule has 0 aromatic carbocycles. The minimum atomic E-state index is 0.342.